The molecule has 88 valence electrons. The molecule has 0 aromatic rings. The molecule has 2 nitrogen and oxygen atoms in total. The summed E-state index contributed by atoms with van der Waals surface area (Å²) in [4.78, 5) is 2.62. The molecule has 0 heterocycles. The molecule has 0 bridgehead atoms. The fourth-order valence-electron chi connectivity index (χ4n) is 2.42. The van der Waals surface area contributed by atoms with Crippen molar-refractivity contribution >= 4 is 0 Å². The van der Waals surface area contributed by atoms with Gasteiger partial charge in [-0.1, -0.05) is 19.1 Å². The summed E-state index contributed by atoms with van der Waals surface area (Å²) in [5, 5.41) is 0. The van der Waals surface area contributed by atoms with Crippen LogP contribution in [0.25, 0.3) is 0 Å². The number of allylic oxidation sites excluding steroid dienone is 1. The molecule has 0 spiro atoms. The van der Waals surface area contributed by atoms with E-state index in [1.807, 2.05) is 0 Å². The highest BCUT2D eigenvalue weighted by molar-refractivity contribution is 4.87. The molecule has 0 aromatic heterocycles. The second-order valence-corrected chi connectivity index (χ2v) is 4.63. The van der Waals surface area contributed by atoms with E-state index in [4.69, 9.17) is 5.73 Å². The van der Waals surface area contributed by atoms with E-state index in [2.05, 4.69) is 30.9 Å². The quantitative estimate of drug-likeness (QED) is 0.707. The highest BCUT2D eigenvalue weighted by Gasteiger charge is 2.22. The molecule has 1 saturated carbocycles. The minimum Gasteiger partial charge on any atom is -0.328 e. The molecule has 0 aliphatic heterocycles. The van der Waals surface area contributed by atoms with Crippen LogP contribution in [-0.4, -0.2) is 30.1 Å². The molecule has 1 aliphatic carbocycles. The van der Waals surface area contributed by atoms with E-state index in [9.17, 15) is 0 Å². The van der Waals surface area contributed by atoms with Crippen molar-refractivity contribution in [2.24, 2.45) is 5.73 Å². The zero-order valence-electron chi connectivity index (χ0n) is 10.3. The van der Waals surface area contributed by atoms with Crippen molar-refractivity contribution in [2.45, 2.75) is 58.0 Å². The van der Waals surface area contributed by atoms with Gasteiger partial charge >= 0.3 is 0 Å². The third-order valence-electron chi connectivity index (χ3n) is 3.34. The van der Waals surface area contributed by atoms with E-state index in [0.29, 0.717) is 6.04 Å². The maximum atomic E-state index is 5.94. The molecular weight excluding hydrogens is 184 g/mol. The zero-order chi connectivity index (χ0) is 11.1. The van der Waals surface area contributed by atoms with E-state index >= 15 is 0 Å². The van der Waals surface area contributed by atoms with E-state index in [1.54, 1.807) is 0 Å². The van der Waals surface area contributed by atoms with E-state index < -0.39 is 0 Å². The third-order valence-corrected chi connectivity index (χ3v) is 3.34. The Kier molecular flexibility index (Phi) is 5.96. The van der Waals surface area contributed by atoms with E-state index in [1.165, 1.54) is 38.6 Å². The minimum atomic E-state index is 0.464. The van der Waals surface area contributed by atoms with Crippen LogP contribution in [0.1, 0.15) is 46.0 Å². The molecule has 0 atom stereocenters. The van der Waals surface area contributed by atoms with Crippen LogP contribution in [0.15, 0.2) is 12.2 Å². The Balaban J connectivity index is 2.40. The number of rotatable bonds is 5. The van der Waals surface area contributed by atoms with E-state index in [-0.39, 0.29) is 0 Å². The standard InChI is InChI=1S/C13H26N2/c1-3-5-11-15(10-4-2)13-8-6-12(14)7-9-13/h3,5,12-13H,4,6-11,14H2,1-2H3. The van der Waals surface area contributed by atoms with Gasteiger partial charge < -0.3 is 5.73 Å². The van der Waals surface area contributed by atoms with Crippen molar-refractivity contribution < 1.29 is 0 Å². The molecule has 0 saturated heterocycles. The first-order valence-corrected chi connectivity index (χ1v) is 6.38. The first kappa shape index (κ1) is 12.7. The van der Waals surface area contributed by atoms with Crippen LogP contribution in [-0.2, 0) is 0 Å². The largest absolute Gasteiger partial charge is 0.328 e. The van der Waals surface area contributed by atoms with Crippen LogP contribution in [0, 0.1) is 0 Å². The van der Waals surface area contributed by atoms with Crippen LogP contribution in [0.3, 0.4) is 0 Å². The smallest absolute Gasteiger partial charge is 0.0166 e. The number of nitrogens with two attached hydrogens (primary N) is 1. The van der Waals surface area contributed by atoms with Gasteiger partial charge in [0.1, 0.15) is 0 Å². The molecule has 15 heavy (non-hydrogen) atoms. The van der Waals surface area contributed by atoms with Crippen molar-refractivity contribution in [3.63, 3.8) is 0 Å². The first-order valence-electron chi connectivity index (χ1n) is 6.38. The maximum Gasteiger partial charge on any atom is 0.0166 e. The molecular formula is C13H26N2. The highest BCUT2D eigenvalue weighted by Crippen LogP contribution is 2.22. The van der Waals surface area contributed by atoms with Gasteiger partial charge in [0.25, 0.3) is 0 Å². The van der Waals surface area contributed by atoms with Gasteiger partial charge in [-0.05, 0) is 45.6 Å². The lowest BCUT2D eigenvalue weighted by Crippen LogP contribution is -2.41. The van der Waals surface area contributed by atoms with Crippen molar-refractivity contribution in [2.75, 3.05) is 13.1 Å². The average Bonchev–Trinajstić information content (AvgIpc) is 2.25. The number of nitrogens with zero attached hydrogens (tertiary/aromatic N) is 1. The van der Waals surface area contributed by atoms with Crippen LogP contribution in [0.2, 0.25) is 0 Å². The van der Waals surface area contributed by atoms with Gasteiger partial charge in [0.15, 0.2) is 0 Å². The summed E-state index contributed by atoms with van der Waals surface area (Å²) < 4.78 is 0. The maximum absolute atomic E-state index is 5.94. The fourth-order valence-corrected chi connectivity index (χ4v) is 2.42. The Morgan fingerprint density at radius 2 is 1.93 bits per heavy atom. The Morgan fingerprint density at radius 3 is 2.47 bits per heavy atom. The third kappa shape index (κ3) is 4.35. The van der Waals surface area contributed by atoms with Crippen molar-refractivity contribution in [3.8, 4) is 0 Å². The van der Waals surface area contributed by atoms with Crippen LogP contribution < -0.4 is 5.73 Å². The Morgan fingerprint density at radius 1 is 1.27 bits per heavy atom. The zero-order valence-corrected chi connectivity index (χ0v) is 10.3. The summed E-state index contributed by atoms with van der Waals surface area (Å²) >= 11 is 0. The second-order valence-electron chi connectivity index (χ2n) is 4.63. The molecule has 1 rings (SSSR count). The van der Waals surface area contributed by atoms with Crippen LogP contribution in [0.4, 0.5) is 0 Å². The minimum absolute atomic E-state index is 0.464. The average molecular weight is 210 g/mol. The molecule has 1 aliphatic rings. The Hall–Kier alpha value is -0.340. The van der Waals surface area contributed by atoms with Crippen molar-refractivity contribution in [1.29, 1.82) is 0 Å². The summed E-state index contributed by atoms with van der Waals surface area (Å²) in [6, 6.07) is 1.24. The summed E-state index contributed by atoms with van der Waals surface area (Å²) in [5.41, 5.74) is 5.94. The normalized spacial score (nSPS) is 27.7. The van der Waals surface area contributed by atoms with Gasteiger partial charge in [0, 0.05) is 18.6 Å². The summed E-state index contributed by atoms with van der Waals surface area (Å²) in [5.74, 6) is 0. The lowest BCUT2D eigenvalue weighted by molar-refractivity contribution is 0.165. The molecule has 0 aromatic carbocycles. The van der Waals surface area contributed by atoms with Crippen molar-refractivity contribution in [1.82, 2.24) is 4.90 Å². The lowest BCUT2D eigenvalue weighted by Gasteiger charge is -2.35. The van der Waals surface area contributed by atoms with Gasteiger partial charge in [0.05, 0.1) is 0 Å². The molecule has 2 heteroatoms. The predicted octanol–water partition coefficient (Wildman–Crippen LogP) is 2.54. The van der Waals surface area contributed by atoms with Crippen LogP contribution in [0.5, 0.6) is 0 Å². The molecule has 0 radical (unpaired) electrons. The monoisotopic (exact) mass is 210 g/mol. The van der Waals surface area contributed by atoms with E-state index in [0.717, 1.165) is 12.6 Å². The fraction of sp³-hybridized carbons (Fsp3) is 0.846. The van der Waals surface area contributed by atoms with Gasteiger partial charge in [-0.2, -0.15) is 0 Å². The topological polar surface area (TPSA) is 29.3 Å². The van der Waals surface area contributed by atoms with Crippen molar-refractivity contribution in [3.05, 3.63) is 12.2 Å². The highest BCUT2D eigenvalue weighted by atomic mass is 15.1. The molecule has 0 unspecified atom stereocenters. The summed E-state index contributed by atoms with van der Waals surface area (Å²) in [6.45, 7) is 6.70. The number of hydrogen-bond acceptors (Lipinski definition) is 2. The first-order chi connectivity index (χ1) is 7.27. The second kappa shape index (κ2) is 7.02. The van der Waals surface area contributed by atoms with Crippen LogP contribution >= 0.6 is 0 Å². The summed E-state index contributed by atoms with van der Waals surface area (Å²) in [7, 11) is 0. The Labute approximate surface area is 94.5 Å². The van der Waals surface area contributed by atoms with Gasteiger partial charge in [-0.25, -0.2) is 0 Å². The van der Waals surface area contributed by atoms with Gasteiger partial charge in [0.2, 0.25) is 0 Å². The summed E-state index contributed by atoms with van der Waals surface area (Å²) in [6.07, 6.45) is 10.7. The Bertz CT molecular complexity index is 181. The van der Waals surface area contributed by atoms with Gasteiger partial charge in [-0.3, -0.25) is 4.90 Å². The predicted molar refractivity (Wildman–Crippen MR) is 66.9 cm³/mol. The van der Waals surface area contributed by atoms with Gasteiger partial charge in [-0.15, -0.1) is 0 Å². The molecule has 1 fully saturated rings. The number of hydrogen-bond donors (Lipinski definition) is 1. The molecule has 0 amide bonds. The lowest BCUT2D eigenvalue weighted by atomic mass is 9.90. The molecule has 2 N–H and O–H groups in total. The SMILES string of the molecule is CC=CCN(CCC)C1CCC(N)CC1.